The predicted octanol–water partition coefficient (Wildman–Crippen LogP) is 6.94. The van der Waals surface area contributed by atoms with Crippen molar-refractivity contribution in [1.29, 1.82) is 0 Å². The van der Waals surface area contributed by atoms with Crippen molar-refractivity contribution in [2.75, 3.05) is 16.8 Å². The van der Waals surface area contributed by atoms with Crippen molar-refractivity contribution in [3.05, 3.63) is 99.4 Å². The molecule has 0 unspecified atom stereocenters. The van der Waals surface area contributed by atoms with Crippen LogP contribution in [0.1, 0.15) is 33.4 Å². The first-order chi connectivity index (χ1) is 25.0. The second-order valence-corrected chi connectivity index (χ2v) is 17.1. The average Bonchev–Trinajstić information content (AvgIpc) is 3.07. The van der Waals surface area contributed by atoms with Gasteiger partial charge < -0.3 is 21.2 Å². The number of benzene rings is 5. The molecule has 8 N–H and O–H groups in total. The minimum absolute atomic E-state index is 0.136. The van der Waals surface area contributed by atoms with Crippen LogP contribution in [0.3, 0.4) is 0 Å². The van der Waals surface area contributed by atoms with Crippen LogP contribution in [-0.4, -0.2) is 38.9 Å². The number of fused-ring (bicyclic) bond motifs is 2. The summed E-state index contributed by atoms with van der Waals surface area (Å²) in [6.45, 7) is 9.39. The number of nitrogens with zero attached hydrogens (tertiary/aromatic N) is 1. The van der Waals surface area contributed by atoms with Crippen LogP contribution in [0.4, 0.5) is 28.4 Å². The Morgan fingerprint density at radius 1 is 0.630 bits per heavy atom. The lowest BCUT2D eigenvalue weighted by molar-refractivity contribution is 0.479. The highest BCUT2D eigenvalue weighted by atomic mass is 32.2. The van der Waals surface area contributed by atoms with Gasteiger partial charge >= 0.3 is 0 Å². The van der Waals surface area contributed by atoms with E-state index in [2.05, 4.69) is 5.32 Å². The van der Waals surface area contributed by atoms with E-state index in [4.69, 9.17) is 20.9 Å². The van der Waals surface area contributed by atoms with E-state index in [0.717, 1.165) is 0 Å². The standard InChI is InChI=1S/C37H36N4O10S3/c1-17-32(38)19(3)36(53(45,46)47)21(5)34(17)40-23-11-13-25-28(15-23)51-29-16-24(41-35-18(2)33(39)20(4)37(22(35)6)54(48,49)50)12-14-26(29)31(25)27-9-7-8-10-30(27)52(42,43)44/h7-16,40H,38-39H2,1-6H3,(H,42,43,44)(H,45,46,47)(H,48,49,50)/b41-24+. The predicted molar refractivity (Wildman–Crippen MR) is 206 cm³/mol. The third-order valence-electron chi connectivity index (χ3n) is 9.60. The van der Waals surface area contributed by atoms with Crippen molar-refractivity contribution in [2.45, 2.75) is 56.2 Å². The van der Waals surface area contributed by atoms with Crippen LogP contribution in [-0.2, 0) is 30.4 Å². The Morgan fingerprint density at radius 2 is 1.22 bits per heavy atom. The summed E-state index contributed by atoms with van der Waals surface area (Å²) in [5.74, 6) is 0.215. The summed E-state index contributed by atoms with van der Waals surface area (Å²) in [6, 6.07) is 15.6. The third-order valence-corrected chi connectivity index (χ3v) is 12.8. The molecule has 0 atom stereocenters. The number of nitrogens with two attached hydrogens (primary N) is 2. The lowest BCUT2D eigenvalue weighted by atomic mass is 9.93. The summed E-state index contributed by atoms with van der Waals surface area (Å²) >= 11 is 0. The summed E-state index contributed by atoms with van der Waals surface area (Å²) < 4.78 is 111. The average molecular weight is 793 g/mol. The van der Waals surface area contributed by atoms with Crippen LogP contribution in [0.2, 0.25) is 0 Å². The van der Waals surface area contributed by atoms with Gasteiger partial charge in [-0.05, 0) is 105 Å². The molecule has 2 aliphatic rings. The molecule has 1 aliphatic carbocycles. The fraction of sp³-hybridized carbons (Fsp3) is 0.162. The van der Waals surface area contributed by atoms with Crippen molar-refractivity contribution in [3.63, 3.8) is 0 Å². The number of nitrogen functional groups attached to an aromatic ring is 2. The van der Waals surface area contributed by atoms with E-state index in [1.54, 1.807) is 62.4 Å². The van der Waals surface area contributed by atoms with Gasteiger partial charge in [-0.3, -0.25) is 13.7 Å². The highest BCUT2D eigenvalue weighted by Gasteiger charge is 2.27. The SMILES string of the molecule is Cc1c(N)c(C)c(S(=O)(=O)O)c(C)c1/N=c1\ccc2c(-c3ccccc3S(=O)(=O)O)c3ccc(Nc4c(C)c(N)c(C)c(S(=O)(=O)O)c4C)cc3oc-2c1. The highest BCUT2D eigenvalue weighted by Crippen LogP contribution is 2.44. The van der Waals surface area contributed by atoms with Gasteiger partial charge in [0, 0.05) is 57.0 Å². The number of nitrogens with one attached hydrogen (secondary N) is 1. The Hall–Kier alpha value is -5.30. The monoisotopic (exact) mass is 792 g/mol. The smallest absolute Gasteiger partial charge is 0.295 e. The van der Waals surface area contributed by atoms with Crippen LogP contribution in [0.5, 0.6) is 0 Å². The number of hydrogen-bond donors (Lipinski definition) is 6. The van der Waals surface area contributed by atoms with Crippen molar-refractivity contribution in [1.82, 2.24) is 0 Å². The topological polar surface area (TPSA) is 253 Å². The van der Waals surface area contributed by atoms with Crippen LogP contribution in [0.25, 0.3) is 33.4 Å². The van der Waals surface area contributed by atoms with E-state index < -0.39 is 30.4 Å². The van der Waals surface area contributed by atoms with E-state index in [1.165, 1.54) is 39.8 Å². The zero-order valence-electron chi connectivity index (χ0n) is 29.8. The molecule has 0 saturated heterocycles. The Balaban J connectivity index is 1.66. The molecule has 0 saturated carbocycles. The van der Waals surface area contributed by atoms with Gasteiger partial charge in [-0.25, -0.2) is 4.99 Å². The number of hydrogen-bond acceptors (Lipinski definition) is 11. The summed E-state index contributed by atoms with van der Waals surface area (Å²) in [5.41, 5.74) is 16.8. The maximum absolute atomic E-state index is 12.6. The Morgan fingerprint density at radius 3 is 1.83 bits per heavy atom. The van der Waals surface area contributed by atoms with Gasteiger partial charge in [-0.15, -0.1) is 0 Å². The van der Waals surface area contributed by atoms with E-state index in [9.17, 15) is 38.9 Å². The van der Waals surface area contributed by atoms with Crippen molar-refractivity contribution >= 4 is 69.8 Å². The molecular weight excluding hydrogens is 757 g/mol. The molecule has 0 fully saturated rings. The van der Waals surface area contributed by atoms with Gasteiger partial charge in [-0.2, -0.15) is 25.3 Å². The van der Waals surface area contributed by atoms with Gasteiger partial charge in [0.1, 0.15) is 26.0 Å². The van der Waals surface area contributed by atoms with Gasteiger partial charge in [0.15, 0.2) is 0 Å². The molecule has 4 aromatic carbocycles. The van der Waals surface area contributed by atoms with Gasteiger partial charge in [-0.1, -0.05) is 18.2 Å². The lowest BCUT2D eigenvalue weighted by Gasteiger charge is -2.21. The van der Waals surface area contributed by atoms with E-state index in [0.29, 0.717) is 44.4 Å². The molecule has 0 bridgehead atoms. The fourth-order valence-corrected chi connectivity index (χ4v) is 9.70. The summed E-state index contributed by atoms with van der Waals surface area (Å²) in [5, 5.41) is 3.93. The molecule has 0 amide bonds. The van der Waals surface area contributed by atoms with Crippen molar-refractivity contribution < 1.29 is 43.3 Å². The van der Waals surface area contributed by atoms with Crippen molar-refractivity contribution in [2.24, 2.45) is 4.99 Å². The summed E-state index contributed by atoms with van der Waals surface area (Å²) in [6.07, 6.45) is 0. The van der Waals surface area contributed by atoms with Gasteiger partial charge in [0.25, 0.3) is 30.4 Å². The first-order valence-electron chi connectivity index (χ1n) is 16.1. The number of rotatable bonds is 7. The van der Waals surface area contributed by atoms with Crippen LogP contribution < -0.4 is 22.1 Å². The summed E-state index contributed by atoms with van der Waals surface area (Å²) in [7, 11) is -14.0. The first kappa shape index (κ1) is 38.4. The minimum atomic E-state index is -4.71. The number of anilines is 4. The van der Waals surface area contributed by atoms with Crippen LogP contribution >= 0.6 is 0 Å². The zero-order chi connectivity index (χ0) is 39.8. The second kappa shape index (κ2) is 13.2. The molecule has 17 heteroatoms. The molecule has 0 spiro atoms. The van der Waals surface area contributed by atoms with Gasteiger partial charge in [0.05, 0.1) is 11.0 Å². The Kier molecular flexibility index (Phi) is 9.41. The zero-order valence-corrected chi connectivity index (χ0v) is 32.2. The first-order valence-corrected chi connectivity index (χ1v) is 20.5. The van der Waals surface area contributed by atoms with E-state index >= 15 is 0 Å². The largest absolute Gasteiger partial charge is 0.456 e. The lowest BCUT2D eigenvalue weighted by Crippen LogP contribution is -2.11. The molecular formula is C37H36N4O10S3. The van der Waals surface area contributed by atoms with Crippen molar-refractivity contribution in [3.8, 4) is 22.5 Å². The fourth-order valence-electron chi connectivity index (χ4n) is 7.03. The maximum Gasteiger partial charge on any atom is 0.295 e. The highest BCUT2D eigenvalue weighted by molar-refractivity contribution is 7.86. The quantitative estimate of drug-likeness (QED) is 0.0545. The molecule has 1 aliphatic heterocycles. The molecule has 1 heterocycles. The maximum atomic E-state index is 12.6. The Bertz CT molecular complexity index is 2970. The molecule has 14 nitrogen and oxygen atoms in total. The van der Waals surface area contributed by atoms with Crippen LogP contribution in [0.15, 0.2) is 84.8 Å². The normalized spacial score (nSPS) is 12.9. The Labute approximate surface area is 311 Å². The molecule has 0 radical (unpaired) electrons. The van der Waals surface area contributed by atoms with Gasteiger partial charge in [0.2, 0.25) is 0 Å². The summed E-state index contributed by atoms with van der Waals surface area (Å²) in [4.78, 5) is 3.67. The molecule has 54 heavy (non-hydrogen) atoms. The molecule has 0 aromatic heterocycles. The van der Waals surface area contributed by atoms with Crippen LogP contribution in [0, 0.1) is 41.5 Å². The van der Waals surface area contributed by atoms with E-state index in [-0.39, 0.29) is 70.9 Å². The second-order valence-electron chi connectivity index (χ2n) is 13.0. The molecule has 282 valence electrons. The molecule has 6 rings (SSSR count). The third kappa shape index (κ3) is 6.59. The minimum Gasteiger partial charge on any atom is -0.456 e. The molecule has 4 aromatic rings. The van der Waals surface area contributed by atoms with E-state index in [1.807, 2.05) is 0 Å².